The number of rotatable bonds is 1. The molecular weight excluding hydrogens is 336 g/mol. The van der Waals surface area contributed by atoms with E-state index in [4.69, 9.17) is 0 Å². The first-order valence-electron chi connectivity index (χ1n) is 9.84. The fourth-order valence-corrected chi connectivity index (χ4v) is 7.86. The maximum Gasteiger partial charge on any atom is 0.196 e. The molecule has 4 aliphatic carbocycles. The van der Waals surface area contributed by atoms with E-state index in [0.717, 1.165) is 19.3 Å². The average molecular weight is 368 g/mol. The number of Topliss-reactive ketones (excluding diaryl/α,β-unsaturated/α-hetero) is 1. The van der Waals surface area contributed by atoms with Gasteiger partial charge in [-0.3, -0.25) is 4.79 Å². The minimum Gasteiger partial charge on any atom is -0.393 e. The van der Waals surface area contributed by atoms with Crippen molar-refractivity contribution < 1.29 is 30.3 Å². The molecule has 4 aliphatic rings. The molecule has 4 fully saturated rings. The molecule has 5 N–H and O–H groups in total. The zero-order valence-electron chi connectivity index (χ0n) is 16.0. The van der Waals surface area contributed by atoms with Gasteiger partial charge in [-0.25, -0.2) is 0 Å². The molecular formula is C20H32O6. The number of hydrogen-bond donors (Lipinski definition) is 5. The van der Waals surface area contributed by atoms with Crippen LogP contribution in [0.5, 0.6) is 0 Å². The van der Waals surface area contributed by atoms with Crippen LogP contribution in [-0.2, 0) is 4.79 Å². The molecule has 0 amide bonds. The summed E-state index contributed by atoms with van der Waals surface area (Å²) in [6.45, 7) is 5.55. The summed E-state index contributed by atoms with van der Waals surface area (Å²) in [6.07, 6.45) is 1.84. The van der Waals surface area contributed by atoms with Crippen LogP contribution >= 0.6 is 0 Å². The van der Waals surface area contributed by atoms with E-state index < -0.39 is 46.1 Å². The normalized spacial score (nSPS) is 58.2. The second kappa shape index (κ2) is 4.90. The van der Waals surface area contributed by atoms with Crippen LogP contribution < -0.4 is 0 Å². The van der Waals surface area contributed by atoms with Crippen molar-refractivity contribution in [1.82, 2.24) is 0 Å². The summed E-state index contributed by atoms with van der Waals surface area (Å²) < 4.78 is 0. The van der Waals surface area contributed by atoms with Gasteiger partial charge in [0.2, 0.25) is 0 Å². The second-order valence-electron chi connectivity index (χ2n) is 10.6. The Labute approximate surface area is 154 Å². The molecule has 6 heteroatoms. The third kappa shape index (κ3) is 1.70. The van der Waals surface area contributed by atoms with Crippen LogP contribution in [0.2, 0.25) is 0 Å². The number of carbonyl (C=O) groups excluding carboxylic acids is 1. The Bertz CT molecular complexity index is 659. The summed E-state index contributed by atoms with van der Waals surface area (Å²) in [5.41, 5.74) is -7.69. The fraction of sp³-hybridized carbons (Fsp3) is 0.950. The van der Waals surface area contributed by atoms with Crippen LogP contribution in [0.15, 0.2) is 0 Å². The van der Waals surface area contributed by atoms with Gasteiger partial charge in [-0.2, -0.15) is 0 Å². The Morgan fingerprint density at radius 3 is 2.31 bits per heavy atom. The Balaban J connectivity index is 1.92. The van der Waals surface area contributed by atoms with Crippen LogP contribution in [0.25, 0.3) is 0 Å². The van der Waals surface area contributed by atoms with Crippen molar-refractivity contribution >= 4 is 5.78 Å². The first-order valence-corrected chi connectivity index (χ1v) is 9.84. The lowest BCUT2D eigenvalue weighted by Gasteiger charge is -2.67. The molecule has 2 bridgehead atoms. The van der Waals surface area contributed by atoms with Crippen molar-refractivity contribution in [2.75, 3.05) is 6.61 Å². The summed E-state index contributed by atoms with van der Waals surface area (Å²) in [4.78, 5) is 13.4. The first-order chi connectivity index (χ1) is 11.8. The Kier molecular flexibility index (Phi) is 3.54. The predicted octanol–water partition coefficient (Wildman–Crippen LogP) is 0.522. The van der Waals surface area contributed by atoms with Crippen molar-refractivity contribution in [1.29, 1.82) is 0 Å². The van der Waals surface area contributed by atoms with E-state index in [1.807, 2.05) is 6.92 Å². The van der Waals surface area contributed by atoms with Gasteiger partial charge in [0.15, 0.2) is 5.78 Å². The highest BCUT2D eigenvalue weighted by molar-refractivity contribution is 5.96. The van der Waals surface area contributed by atoms with Gasteiger partial charge in [0.05, 0.1) is 6.61 Å². The highest BCUT2D eigenvalue weighted by atomic mass is 16.4. The van der Waals surface area contributed by atoms with Gasteiger partial charge >= 0.3 is 0 Å². The molecule has 6 nitrogen and oxygen atoms in total. The monoisotopic (exact) mass is 368 g/mol. The molecule has 1 spiro atoms. The summed E-state index contributed by atoms with van der Waals surface area (Å²) >= 11 is 0. The van der Waals surface area contributed by atoms with E-state index in [1.165, 1.54) is 0 Å². The number of aliphatic hydroxyl groups excluding tert-OH is 2. The molecule has 7 atom stereocenters. The van der Waals surface area contributed by atoms with Gasteiger partial charge in [0, 0.05) is 10.8 Å². The van der Waals surface area contributed by atoms with Gasteiger partial charge in [-0.15, -0.1) is 0 Å². The second-order valence-corrected chi connectivity index (χ2v) is 10.6. The van der Waals surface area contributed by atoms with E-state index in [1.54, 1.807) is 0 Å². The SMILES string of the molecule is CC1(C)CCC[C@]2(C)C1CC[C@]13C[C@](O)(CO)[C@@](O)(C1)[C@@H](O)C(=O)[C@]32O. The van der Waals surface area contributed by atoms with E-state index in [2.05, 4.69) is 13.8 Å². The lowest BCUT2D eigenvalue weighted by Crippen LogP contribution is -2.76. The Morgan fingerprint density at radius 2 is 1.69 bits per heavy atom. The molecule has 148 valence electrons. The van der Waals surface area contributed by atoms with E-state index in [9.17, 15) is 30.3 Å². The molecule has 0 aromatic carbocycles. The number of hydrogen-bond acceptors (Lipinski definition) is 6. The van der Waals surface area contributed by atoms with Crippen molar-refractivity contribution in [2.24, 2.45) is 22.2 Å². The molecule has 0 aliphatic heterocycles. The minimum atomic E-state index is -2.11. The largest absolute Gasteiger partial charge is 0.393 e. The number of fused-ring (bicyclic) bond motifs is 3. The molecule has 4 saturated carbocycles. The molecule has 4 rings (SSSR count). The lowest BCUT2D eigenvalue weighted by molar-refractivity contribution is -0.266. The number of aliphatic hydroxyl groups is 5. The van der Waals surface area contributed by atoms with Crippen molar-refractivity contribution in [3.8, 4) is 0 Å². The minimum absolute atomic E-state index is 0.0325. The van der Waals surface area contributed by atoms with Crippen LogP contribution in [-0.4, -0.2) is 60.8 Å². The fourth-order valence-electron chi connectivity index (χ4n) is 7.86. The highest BCUT2D eigenvalue weighted by Gasteiger charge is 2.83. The van der Waals surface area contributed by atoms with E-state index >= 15 is 0 Å². The van der Waals surface area contributed by atoms with Gasteiger partial charge in [0.25, 0.3) is 0 Å². The topological polar surface area (TPSA) is 118 Å². The molecule has 0 saturated heterocycles. The van der Waals surface area contributed by atoms with Gasteiger partial charge in [0.1, 0.15) is 22.9 Å². The number of ketones is 1. The maximum atomic E-state index is 13.4. The Morgan fingerprint density at radius 1 is 1.04 bits per heavy atom. The Hall–Kier alpha value is -0.530. The summed E-state index contributed by atoms with van der Waals surface area (Å²) in [6, 6.07) is 0. The summed E-state index contributed by atoms with van der Waals surface area (Å²) in [5, 5.41) is 54.4. The quantitative estimate of drug-likeness (QED) is 0.461. The highest BCUT2D eigenvalue weighted by Crippen LogP contribution is 2.74. The van der Waals surface area contributed by atoms with E-state index in [-0.39, 0.29) is 24.2 Å². The third-order valence-corrected chi connectivity index (χ3v) is 9.10. The predicted molar refractivity (Wildman–Crippen MR) is 93.1 cm³/mol. The van der Waals surface area contributed by atoms with Crippen LogP contribution in [0.4, 0.5) is 0 Å². The summed E-state index contributed by atoms with van der Waals surface area (Å²) in [7, 11) is 0. The van der Waals surface area contributed by atoms with Crippen molar-refractivity contribution in [2.45, 2.75) is 88.6 Å². The molecule has 0 aromatic rings. The maximum absolute atomic E-state index is 13.4. The average Bonchev–Trinajstić information content (AvgIpc) is 2.78. The summed E-state index contributed by atoms with van der Waals surface area (Å²) in [5.74, 6) is -0.662. The van der Waals surface area contributed by atoms with Crippen LogP contribution in [0.1, 0.15) is 65.7 Å². The lowest BCUT2D eigenvalue weighted by atomic mass is 9.38. The van der Waals surface area contributed by atoms with Gasteiger partial charge in [-0.1, -0.05) is 27.2 Å². The van der Waals surface area contributed by atoms with Crippen molar-refractivity contribution in [3.05, 3.63) is 0 Å². The number of carbonyl (C=O) groups is 1. The van der Waals surface area contributed by atoms with Crippen LogP contribution in [0.3, 0.4) is 0 Å². The molecule has 1 unspecified atom stereocenters. The van der Waals surface area contributed by atoms with Crippen molar-refractivity contribution in [3.63, 3.8) is 0 Å². The standard InChI is InChI=1S/C20H32O6/c1-15(2)6-4-7-16(3)12(15)5-8-17-9-18(24,11-21)19(25,10-17)13(22)14(23)20(16,17)26/h12-13,21-22,24-26H,4-11H2,1-3H3/t12?,13-,16+,17-,18-,19+,20+/m0/s1. The molecule has 26 heavy (non-hydrogen) atoms. The van der Waals surface area contributed by atoms with E-state index in [0.29, 0.717) is 12.8 Å². The van der Waals surface area contributed by atoms with Gasteiger partial charge in [-0.05, 0) is 49.9 Å². The van der Waals surface area contributed by atoms with Crippen LogP contribution in [0, 0.1) is 22.2 Å². The molecule has 0 aromatic heterocycles. The smallest absolute Gasteiger partial charge is 0.196 e. The molecule has 0 radical (unpaired) electrons. The van der Waals surface area contributed by atoms with Gasteiger partial charge < -0.3 is 25.5 Å². The zero-order valence-corrected chi connectivity index (χ0v) is 16.0. The molecule has 0 heterocycles. The first kappa shape index (κ1) is 18.8. The third-order valence-electron chi connectivity index (χ3n) is 9.10. The zero-order chi connectivity index (χ0) is 19.4.